The van der Waals surface area contributed by atoms with E-state index in [2.05, 4.69) is 4.98 Å². The summed E-state index contributed by atoms with van der Waals surface area (Å²) in [7, 11) is 0. The molecule has 0 aliphatic heterocycles. The van der Waals surface area contributed by atoms with Crippen molar-refractivity contribution in [2.24, 2.45) is 0 Å². The molecule has 0 unspecified atom stereocenters. The third-order valence-electron chi connectivity index (χ3n) is 2.21. The van der Waals surface area contributed by atoms with Crippen LogP contribution in [0.1, 0.15) is 11.3 Å². The van der Waals surface area contributed by atoms with Crippen LogP contribution in [0.5, 0.6) is 0 Å². The molecule has 1 N–H and O–H groups in total. The lowest BCUT2D eigenvalue weighted by atomic mass is 10.2. The Balaban J connectivity index is 2.65. The van der Waals surface area contributed by atoms with Gasteiger partial charge in [-0.25, -0.2) is 4.98 Å². The highest BCUT2D eigenvalue weighted by Gasteiger charge is 2.05. The second-order valence-electron chi connectivity index (χ2n) is 3.59. The van der Waals surface area contributed by atoms with Crippen LogP contribution in [0.4, 0.5) is 0 Å². The summed E-state index contributed by atoms with van der Waals surface area (Å²) in [6, 6.07) is 4.79. The Morgan fingerprint density at radius 1 is 1.50 bits per heavy atom. The molecule has 0 aliphatic rings. The summed E-state index contributed by atoms with van der Waals surface area (Å²) in [4.78, 5) is 26.3. The second-order valence-corrected chi connectivity index (χ2v) is 3.59. The number of hydrogen-bond acceptors (Lipinski definition) is 3. The van der Waals surface area contributed by atoms with E-state index in [0.717, 1.165) is 5.56 Å². The zero-order valence-electron chi connectivity index (χ0n) is 8.67. The van der Waals surface area contributed by atoms with Gasteiger partial charge in [0.2, 0.25) is 0 Å². The maximum atomic E-state index is 11.6. The average molecular weight is 218 g/mol. The Hall–Kier alpha value is -2.17. The van der Waals surface area contributed by atoms with Gasteiger partial charge in [0.15, 0.2) is 0 Å². The zero-order chi connectivity index (χ0) is 11.7. The van der Waals surface area contributed by atoms with Gasteiger partial charge >= 0.3 is 5.97 Å². The monoisotopic (exact) mass is 218 g/mol. The number of aliphatic carboxylic acids is 1. The first kappa shape index (κ1) is 10.4. The minimum absolute atomic E-state index is 0.236. The van der Waals surface area contributed by atoms with E-state index < -0.39 is 5.97 Å². The molecule has 0 fully saturated rings. The van der Waals surface area contributed by atoms with Gasteiger partial charge in [0.05, 0.1) is 12.1 Å². The first-order valence-corrected chi connectivity index (χ1v) is 4.77. The second kappa shape index (κ2) is 3.77. The summed E-state index contributed by atoms with van der Waals surface area (Å²) in [5.41, 5.74) is 1.47. The van der Waals surface area contributed by atoms with E-state index in [4.69, 9.17) is 5.11 Å². The van der Waals surface area contributed by atoms with Crippen molar-refractivity contribution in [2.45, 2.75) is 13.3 Å². The average Bonchev–Trinajstić information content (AvgIpc) is 2.15. The highest BCUT2D eigenvalue weighted by atomic mass is 16.4. The minimum atomic E-state index is -0.996. The van der Waals surface area contributed by atoms with E-state index in [9.17, 15) is 9.59 Å². The number of pyridine rings is 1. The summed E-state index contributed by atoms with van der Waals surface area (Å²) in [6.45, 7) is 1.88. The standard InChI is InChI=1S/C11H10N2O3/c1-7-2-3-13-9(4-7)12-8(5-10(13)14)6-11(15)16/h2-5H,6H2,1H3,(H,15,16). The number of carbonyl (C=O) groups is 1. The molecule has 5 heteroatoms. The van der Waals surface area contributed by atoms with Crippen LogP contribution in [-0.4, -0.2) is 20.5 Å². The number of nitrogens with zero attached hydrogens (tertiary/aromatic N) is 2. The van der Waals surface area contributed by atoms with Crippen LogP contribution < -0.4 is 5.56 Å². The molecule has 0 spiro atoms. The van der Waals surface area contributed by atoms with E-state index in [1.165, 1.54) is 10.5 Å². The van der Waals surface area contributed by atoms with Gasteiger partial charge in [-0.05, 0) is 24.6 Å². The fourth-order valence-electron chi connectivity index (χ4n) is 1.50. The molecule has 0 saturated carbocycles. The predicted molar refractivity (Wildman–Crippen MR) is 57.5 cm³/mol. The van der Waals surface area contributed by atoms with Crippen LogP contribution in [0.3, 0.4) is 0 Å². The Morgan fingerprint density at radius 3 is 2.94 bits per heavy atom. The molecule has 2 rings (SSSR count). The lowest BCUT2D eigenvalue weighted by Gasteiger charge is -2.02. The third-order valence-corrected chi connectivity index (χ3v) is 2.21. The normalized spacial score (nSPS) is 10.6. The lowest BCUT2D eigenvalue weighted by Crippen LogP contribution is -2.16. The van der Waals surface area contributed by atoms with Crippen LogP contribution in [0, 0.1) is 6.92 Å². The molecule has 2 aromatic rings. The van der Waals surface area contributed by atoms with Crippen molar-refractivity contribution < 1.29 is 9.90 Å². The molecule has 0 bridgehead atoms. The Morgan fingerprint density at radius 2 is 2.25 bits per heavy atom. The third kappa shape index (κ3) is 1.93. The fraction of sp³-hybridized carbons (Fsp3) is 0.182. The van der Waals surface area contributed by atoms with Crippen molar-refractivity contribution in [2.75, 3.05) is 0 Å². The molecule has 0 saturated heterocycles. The number of hydrogen-bond donors (Lipinski definition) is 1. The van der Waals surface area contributed by atoms with Crippen molar-refractivity contribution in [3.63, 3.8) is 0 Å². The van der Waals surface area contributed by atoms with Crippen LogP contribution >= 0.6 is 0 Å². The van der Waals surface area contributed by atoms with E-state index in [1.54, 1.807) is 18.3 Å². The molecular weight excluding hydrogens is 208 g/mol. The molecule has 2 aromatic heterocycles. The van der Waals surface area contributed by atoms with Crippen LogP contribution in [0.2, 0.25) is 0 Å². The summed E-state index contributed by atoms with van der Waals surface area (Å²) < 4.78 is 1.39. The van der Waals surface area contributed by atoms with Gasteiger partial charge in [0, 0.05) is 12.3 Å². The molecule has 82 valence electrons. The molecule has 0 radical (unpaired) electrons. The largest absolute Gasteiger partial charge is 0.481 e. The minimum Gasteiger partial charge on any atom is -0.481 e. The Bertz CT molecular complexity index is 616. The van der Waals surface area contributed by atoms with Gasteiger partial charge < -0.3 is 5.11 Å². The van der Waals surface area contributed by atoms with Crippen LogP contribution in [0.25, 0.3) is 5.65 Å². The summed E-state index contributed by atoms with van der Waals surface area (Å²) in [6.07, 6.45) is 1.39. The highest BCUT2D eigenvalue weighted by Crippen LogP contribution is 2.03. The Kier molecular flexibility index (Phi) is 2.44. The zero-order valence-corrected chi connectivity index (χ0v) is 8.67. The number of fused-ring (bicyclic) bond motifs is 1. The molecule has 2 heterocycles. The fourth-order valence-corrected chi connectivity index (χ4v) is 1.50. The Labute approximate surface area is 91.0 Å². The van der Waals surface area contributed by atoms with Gasteiger partial charge in [-0.2, -0.15) is 0 Å². The summed E-state index contributed by atoms with van der Waals surface area (Å²) >= 11 is 0. The smallest absolute Gasteiger partial charge is 0.309 e. The number of rotatable bonds is 2. The van der Waals surface area contributed by atoms with E-state index in [0.29, 0.717) is 5.65 Å². The number of aryl methyl sites for hydroxylation is 1. The highest BCUT2D eigenvalue weighted by molar-refractivity contribution is 5.69. The maximum absolute atomic E-state index is 11.6. The first-order valence-electron chi connectivity index (χ1n) is 4.77. The first-order chi connectivity index (χ1) is 7.56. The number of carboxylic acid groups (broad SMARTS) is 1. The van der Waals surface area contributed by atoms with Crippen molar-refractivity contribution >= 4 is 11.6 Å². The van der Waals surface area contributed by atoms with E-state index >= 15 is 0 Å². The molecule has 0 aromatic carbocycles. The van der Waals surface area contributed by atoms with Gasteiger partial charge in [-0.3, -0.25) is 14.0 Å². The van der Waals surface area contributed by atoms with Crippen molar-refractivity contribution in [3.8, 4) is 0 Å². The van der Waals surface area contributed by atoms with Gasteiger partial charge in [0.1, 0.15) is 5.65 Å². The lowest BCUT2D eigenvalue weighted by molar-refractivity contribution is -0.136. The van der Waals surface area contributed by atoms with Crippen molar-refractivity contribution in [1.29, 1.82) is 0 Å². The molecule has 16 heavy (non-hydrogen) atoms. The molecule has 0 amide bonds. The van der Waals surface area contributed by atoms with Gasteiger partial charge in [-0.1, -0.05) is 0 Å². The predicted octanol–water partition coefficient (Wildman–Crippen LogP) is 0.630. The number of carboxylic acids is 1. The van der Waals surface area contributed by atoms with E-state index in [1.807, 2.05) is 6.92 Å². The van der Waals surface area contributed by atoms with E-state index in [-0.39, 0.29) is 17.7 Å². The molecule has 0 aliphatic carbocycles. The molecular formula is C11H10N2O3. The molecule has 0 atom stereocenters. The van der Waals surface area contributed by atoms with Crippen molar-refractivity contribution in [3.05, 3.63) is 46.0 Å². The van der Waals surface area contributed by atoms with Gasteiger partial charge in [0.25, 0.3) is 5.56 Å². The summed E-state index contributed by atoms with van der Waals surface area (Å²) in [5.74, 6) is -0.996. The topological polar surface area (TPSA) is 71.7 Å². The summed E-state index contributed by atoms with van der Waals surface area (Å²) in [5, 5.41) is 8.64. The van der Waals surface area contributed by atoms with Crippen LogP contribution in [-0.2, 0) is 11.2 Å². The van der Waals surface area contributed by atoms with Crippen LogP contribution in [0.15, 0.2) is 29.2 Å². The molecule has 5 nitrogen and oxygen atoms in total. The number of aromatic nitrogens is 2. The van der Waals surface area contributed by atoms with Crippen molar-refractivity contribution in [1.82, 2.24) is 9.38 Å². The maximum Gasteiger partial charge on any atom is 0.309 e. The quantitative estimate of drug-likeness (QED) is 0.802. The van der Waals surface area contributed by atoms with Gasteiger partial charge in [-0.15, -0.1) is 0 Å². The SMILES string of the molecule is Cc1ccn2c(=O)cc(CC(=O)O)nc2c1.